The Kier molecular flexibility index (Phi) is 4.61. The maximum atomic E-state index is 12.2. The van der Waals surface area contributed by atoms with Crippen molar-refractivity contribution in [2.75, 3.05) is 11.9 Å². The molecular formula is C15H21BrN2O. The SMILES string of the molecule is Cc1cc(C)nc(C(=O)NCC2(CBr)CCCC2)c1. The van der Waals surface area contributed by atoms with E-state index in [1.165, 1.54) is 25.7 Å². The van der Waals surface area contributed by atoms with Gasteiger partial charge in [-0.1, -0.05) is 28.8 Å². The molecule has 1 N–H and O–H groups in total. The smallest absolute Gasteiger partial charge is 0.269 e. The third-order valence-electron chi connectivity index (χ3n) is 3.90. The predicted molar refractivity (Wildman–Crippen MR) is 80.7 cm³/mol. The molecule has 1 amide bonds. The first-order valence-corrected chi connectivity index (χ1v) is 7.96. The second kappa shape index (κ2) is 6.04. The van der Waals surface area contributed by atoms with Gasteiger partial charge in [-0.05, 0) is 49.8 Å². The molecule has 1 heterocycles. The van der Waals surface area contributed by atoms with Gasteiger partial charge >= 0.3 is 0 Å². The van der Waals surface area contributed by atoms with Crippen molar-refractivity contribution in [1.82, 2.24) is 10.3 Å². The van der Waals surface area contributed by atoms with Crippen molar-refractivity contribution >= 4 is 21.8 Å². The summed E-state index contributed by atoms with van der Waals surface area (Å²) in [6.45, 7) is 4.65. The van der Waals surface area contributed by atoms with Crippen LogP contribution in [0.2, 0.25) is 0 Å². The molecule has 19 heavy (non-hydrogen) atoms. The molecule has 2 rings (SSSR count). The van der Waals surface area contributed by atoms with Gasteiger partial charge in [-0.3, -0.25) is 4.79 Å². The van der Waals surface area contributed by atoms with Crippen molar-refractivity contribution in [2.45, 2.75) is 39.5 Å². The summed E-state index contributed by atoms with van der Waals surface area (Å²) >= 11 is 3.60. The van der Waals surface area contributed by atoms with Crippen LogP contribution in [0.25, 0.3) is 0 Å². The Hall–Kier alpha value is -0.900. The zero-order chi connectivity index (χ0) is 13.9. The molecule has 4 heteroatoms. The van der Waals surface area contributed by atoms with Crippen LogP contribution in [0.1, 0.15) is 47.4 Å². The molecular weight excluding hydrogens is 304 g/mol. The first kappa shape index (κ1) is 14.5. The summed E-state index contributed by atoms with van der Waals surface area (Å²) in [5.41, 5.74) is 2.74. The number of nitrogens with one attached hydrogen (secondary N) is 1. The van der Waals surface area contributed by atoms with Crippen LogP contribution in [0.4, 0.5) is 0 Å². The Morgan fingerprint density at radius 1 is 1.37 bits per heavy atom. The number of aryl methyl sites for hydroxylation is 2. The molecule has 104 valence electrons. The summed E-state index contributed by atoms with van der Waals surface area (Å²) in [6.07, 6.45) is 4.92. The molecule has 0 aliphatic heterocycles. The second-order valence-electron chi connectivity index (χ2n) is 5.69. The van der Waals surface area contributed by atoms with Crippen LogP contribution >= 0.6 is 15.9 Å². The number of nitrogens with zero attached hydrogens (tertiary/aromatic N) is 1. The lowest BCUT2D eigenvalue weighted by molar-refractivity contribution is 0.0930. The molecule has 1 aromatic rings. The highest BCUT2D eigenvalue weighted by atomic mass is 79.9. The van der Waals surface area contributed by atoms with E-state index in [1.54, 1.807) is 0 Å². The third-order valence-corrected chi connectivity index (χ3v) is 5.09. The van der Waals surface area contributed by atoms with Crippen LogP contribution in [-0.4, -0.2) is 22.8 Å². The molecule has 0 atom stereocenters. The standard InChI is InChI=1S/C15H21BrN2O/c1-11-7-12(2)18-13(8-11)14(19)17-10-15(9-16)5-3-4-6-15/h7-8H,3-6,9-10H2,1-2H3,(H,17,19). The molecule has 3 nitrogen and oxygen atoms in total. The summed E-state index contributed by atoms with van der Waals surface area (Å²) in [4.78, 5) is 16.5. The normalized spacial score (nSPS) is 17.4. The molecule has 0 spiro atoms. The Bertz CT molecular complexity index is 447. The lowest BCUT2D eigenvalue weighted by atomic mass is 9.89. The largest absolute Gasteiger partial charge is 0.350 e. The first-order valence-electron chi connectivity index (χ1n) is 6.84. The molecule has 0 saturated heterocycles. The average molecular weight is 325 g/mol. The zero-order valence-corrected chi connectivity index (χ0v) is 13.2. The molecule has 1 aromatic heterocycles. The van der Waals surface area contributed by atoms with Crippen LogP contribution in [-0.2, 0) is 0 Å². The quantitative estimate of drug-likeness (QED) is 0.862. The number of amides is 1. The maximum absolute atomic E-state index is 12.2. The van der Waals surface area contributed by atoms with Gasteiger partial charge in [-0.15, -0.1) is 0 Å². The Morgan fingerprint density at radius 3 is 2.63 bits per heavy atom. The van der Waals surface area contributed by atoms with Crippen molar-refractivity contribution in [2.24, 2.45) is 5.41 Å². The fourth-order valence-corrected chi connectivity index (χ4v) is 3.56. The fraction of sp³-hybridized carbons (Fsp3) is 0.600. The van der Waals surface area contributed by atoms with E-state index < -0.39 is 0 Å². The fourth-order valence-electron chi connectivity index (χ4n) is 2.80. The van der Waals surface area contributed by atoms with Crippen molar-refractivity contribution in [3.8, 4) is 0 Å². The molecule has 1 aliphatic carbocycles. The highest BCUT2D eigenvalue weighted by Crippen LogP contribution is 2.38. The molecule has 0 radical (unpaired) electrons. The van der Waals surface area contributed by atoms with Gasteiger partial charge in [0.1, 0.15) is 5.69 Å². The summed E-state index contributed by atoms with van der Waals surface area (Å²) in [7, 11) is 0. The monoisotopic (exact) mass is 324 g/mol. The number of hydrogen-bond donors (Lipinski definition) is 1. The van der Waals surface area contributed by atoms with Crippen molar-refractivity contribution in [1.29, 1.82) is 0 Å². The van der Waals surface area contributed by atoms with Gasteiger partial charge in [-0.25, -0.2) is 4.98 Å². The number of hydrogen-bond acceptors (Lipinski definition) is 2. The maximum Gasteiger partial charge on any atom is 0.269 e. The molecule has 1 fully saturated rings. The summed E-state index contributed by atoms with van der Waals surface area (Å²) < 4.78 is 0. The zero-order valence-electron chi connectivity index (χ0n) is 11.6. The predicted octanol–water partition coefficient (Wildman–Crippen LogP) is 3.38. The van der Waals surface area contributed by atoms with E-state index in [0.717, 1.165) is 23.1 Å². The van der Waals surface area contributed by atoms with Gasteiger partial charge in [0.05, 0.1) is 0 Å². The minimum Gasteiger partial charge on any atom is -0.350 e. The number of carbonyl (C=O) groups excluding carboxylic acids is 1. The number of halogens is 1. The third kappa shape index (κ3) is 3.56. The summed E-state index contributed by atoms with van der Waals surface area (Å²) in [5.74, 6) is -0.0565. The molecule has 0 bridgehead atoms. The van der Waals surface area contributed by atoms with E-state index >= 15 is 0 Å². The minimum atomic E-state index is -0.0565. The Labute approximate surface area is 123 Å². The van der Waals surface area contributed by atoms with Crippen LogP contribution in [0, 0.1) is 19.3 Å². The highest BCUT2D eigenvalue weighted by molar-refractivity contribution is 9.09. The molecule has 1 aliphatic rings. The van der Waals surface area contributed by atoms with Crippen LogP contribution < -0.4 is 5.32 Å². The van der Waals surface area contributed by atoms with E-state index in [2.05, 4.69) is 26.2 Å². The highest BCUT2D eigenvalue weighted by Gasteiger charge is 2.33. The lowest BCUT2D eigenvalue weighted by Gasteiger charge is -2.26. The topological polar surface area (TPSA) is 42.0 Å². The van der Waals surface area contributed by atoms with Crippen molar-refractivity contribution in [3.05, 3.63) is 29.1 Å². The van der Waals surface area contributed by atoms with E-state index in [1.807, 2.05) is 26.0 Å². The number of alkyl halides is 1. The van der Waals surface area contributed by atoms with Crippen LogP contribution in [0.15, 0.2) is 12.1 Å². The number of pyridine rings is 1. The molecule has 0 aromatic carbocycles. The summed E-state index contributed by atoms with van der Waals surface area (Å²) in [6, 6.07) is 3.82. The number of aromatic nitrogens is 1. The molecule has 1 saturated carbocycles. The van der Waals surface area contributed by atoms with Crippen LogP contribution in [0.5, 0.6) is 0 Å². The first-order chi connectivity index (χ1) is 9.04. The van der Waals surface area contributed by atoms with Crippen molar-refractivity contribution < 1.29 is 4.79 Å². The van der Waals surface area contributed by atoms with Gasteiger partial charge in [0.2, 0.25) is 0 Å². The van der Waals surface area contributed by atoms with Gasteiger partial charge in [0.25, 0.3) is 5.91 Å². The Morgan fingerprint density at radius 2 is 2.05 bits per heavy atom. The van der Waals surface area contributed by atoms with E-state index in [4.69, 9.17) is 0 Å². The second-order valence-corrected chi connectivity index (χ2v) is 6.26. The van der Waals surface area contributed by atoms with Crippen molar-refractivity contribution in [3.63, 3.8) is 0 Å². The summed E-state index contributed by atoms with van der Waals surface area (Å²) in [5, 5.41) is 4.01. The Balaban J connectivity index is 2.01. The van der Waals surface area contributed by atoms with Gasteiger partial charge < -0.3 is 5.32 Å². The van der Waals surface area contributed by atoms with Crippen LogP contribution in [0.3, 0.4) is 0 Å². The lowest BCUT2D eigenvalue weighted by Crippen LogP contribution is -2.37. The van der Waals surface area contributed by atoms with Gasteiger partial charge in [-0.2, -0.15) is 0 Å². The van der Waals surface area contributed by atoms with Gasteiger partial charge in [0.15, 0.2) is 0 Å². The minimum absolute atomic E-state index is 0.0565. The van der Waals surface area contributed by atoms with E-state index in [9.17, 15) is 4.79 Å². The number of carbonyl (C=O) groups is 1. The van der Waals surface area contributed by atoms with E-state index in [-0.39, 0.29) is 11.3 Å². The van der Waals surface area contributed by atoms with E-state index in [0.29, 0.717) is 5.69 Å². The average Bonchev–Trinajstić information content (AvgIpc) is 2.84. The molecule has 0 unspecified atom stereocenters. The number of rotatable bonds is 4. The van der Waals surface area contributed by atoms with Gasteiger partial charge in [0, 0.05) is 17.6 Å².